The molecule has 0 aromatic heterocycles. The van der Waals surface area contributed by atoms with E-state index in [1.807, 2.05) is 0 Å². The lowest BCUT2D eigenvalue weighted by molar-refractivity contribution is 0.0526. The number of amides is 2. The molecule has 0 heterocycles. The predicted molar refractivity (Wildman–Crippen MR) is 92.8 cm³/mol. The molecule has 0 bridgehead atoms. The fourth-order valence-electron chi connectivity index (χ4n) is 2.29. The van der Waals surface area contributed by atoms with Crippen LogP contribution in [-0.4, -0.2) is 42.5 Å². The summed E-state index contributed by atoms with van der Waals surface area (Å²) < 4.78 is 13.0. The Bertz CT molecular complexity index is 753. The summed E-state index contributed by atoms with van der Waals surface area (Å²) in [7, 11) is 3.31. The smallest absolute Gasteiger partial charge is 0.253 e. The summed E-state index contributed by atoms with van der Waals surface area (Å²) in [4.78, 5) is 25.5. The van der Waals surface area contributed by atoms with Gasteiger partial charge in [-0.2, -0.15) is 0 Å². The zero-order chi connectivity index (χ0) is 18.6. The third-order valence-electron chi connectivity index (χ3n) is 3.86. The minimum atomic E-state index is -1.33. The fraction of sp³-hybridized carbons (Fsp3) is 0.263. The van der Waals surface area contributed by atoms with Crippen LogP contribution in [0.3, 0.4) is 0 Å². The number of hydrogen-bond donors (Lipinski definition) is 2. The summed E-state index contributed by atoms with van der Waals surface area (Å²) in [6.45, 7) is 1.51. The average molecular weight is 344 g/mol. The van der Waals surface area contributed by atoms with E-state index >= 15 is 0 Å². The van der Waals surface area contributed by atoms with Crippen LogP contribution in [0.2, 0.25) is 0 Å². The fourth-order valence-corrected chi connectivity index (χ4v) is 2.29. The summed E-state index contributed by atoms with van der Waals surface area (Å²) in [5, 5.41) is 13.1. The molecule has 0 aliphatic carbocycles. The molecule has 1 atom stereocenters. The van der Waals surface area contributed by atoms with Crippen molar-refractivity contribution < 1.29 is 19.1 Å². The molecule has 2 aromatic carbocycles. The van der Waals surface area contributed by atoms with Crippen LogP contribution in [0.15, 0.2) is 48.5 Å². The number of carbonyl (C=O) groups is 2. The molecule has 0 aliphatic heterocycles. The van der Waals surface area contributed by atoms with Crippen LogP contribution in [0.4, 0.5) is 4.39 Å². The van der Waals surface area contributed by atoms with Crippen molar-refractivity contribution in [1.29, 1.82) is 0 Å². The topological polar surface area (TPSA) is 69.6 Å². The molecule has 0 saturated heterocycles. The van der Waals surface area contributed by atoms with Crippen molar-refractivity contribution in [3.8, 4) is 0 Å². The Morgan fingerprint density at radius 3 is 2.08 bits per heavy atom. The second-order valence-corrected chi connectivity index (χ2v) is 6.24. The number of aliphatic hydroxyl groups is 1. The molecule has 1 unspecified atom stereocenters. The first-order valence-corrected chi connectivity index (χ1v) is 7.79. The minimum absolute atomic E-state index is 0.0319. The lowest BCUT2D eigenvalue weighted by atomic mass is 9.96. The molecule has 0 aliphatic rings. The van der Waals surface area contributed by atoms with Crippen LogP contribution in [0.5, 0.6) is 0 Å². The number of carbonyl (C=O) groups excluding carboxylic acids is 2. The van der Waals surface area contributed by atoms with Gasteiger partial charge in [0.05, 0.1) is 6.54 Å². The van der Waals surface area contributed by atoms with Crippen molar-refractivity contribution in [1.82, 2.24) is 10.2 Å². The van der Waals surface area contributed by atoms with Gasteiger partial charge in [-0.15, -0.1) is 0 Å². The summed E-state index contributed by atoms with van der Waals surface area (Å²) in [5.41, 5.74) is 0.0377. The highest BCUT2D eigenvalue weighted by molar-refractivity contribution is 5.97. The Hall–Kier alpha value is -2.73. The highest BCUT2D eigenvalue weighted by atomic mass is 19.1. The Morgan fingerprint density at radius 2 is 1.56 bits per heavy atom. The first kappa shape index (κ1) is 18.6. The summed E-state index contributed by atoms with van der Waals surface area (Å²) in [6.07, 6.45) is 0. The van der Waals surface area contributed by atoms with E-state index in [2.05, 4.69) is 5.32 Å². The van der Waals surface area contributed by atoms with Gasteiger partial charge in [-0.25, -0.2) is 4.39 Å². The molecule has 0 spiro atoms. The Kier molecular flexibility index (Phi) is 5.54. The molecule has 2 N–H and O–H groups in total. The molecule has 2 aromatic rings. The number of hydrogen-bond acceptors (Lipinski definition) is 3. The van der Waals surface area contributed by atoms with E-state index in [1.165, 1.54) is 29.2 Å². The lowest BCUT2D eigenvalue weighted by Crippen LogP contribution is -2.38. The predicted octanol–water partition coefficient (Wildman–Crippen LogP) is 2.17. The molecular weight excluding hydrogens is 323 g/mol. The van der Waals surface area contributed by atoms with Crippen molar-refractivity contribution in [2.45, 2.75) is 12.5 Å². The van der Waals surface area contributed by atoms with Gasteiger partial charge in [0.1, 0.15) is 11.4 Å². The van der Waals surface area contributed by atoms with Crippen molar-refractivity contribution in [2.24, 2.45) is 0 Å². The van der Waals surface area contributed by atoms with Crippen LogP contribution in [-0.2, 0) is 5.60 Å². The van der Waals surface area contributed by atoms with Gasteiger partial charge in [-0.3, -0.25) is 9.59 Å². The van der Waals surface area contributed by atoms with Gasteiger partial charge in [0.25, 0.3) is 11.8 Å². The van der Waals surface area contributed by atoms with Gasteiger partial charge in [0.2, 0.25) is 0 Å². The van der Waals surface area contributed by atoms with Crippen LogP contribution < -0.4 is 5.32 Å². The molecule has 25 heavy (non-hydrogen) atoms. The third kappa shape index (κ3) is 4.64. The molecule has 0 saturated carbocycles. The Labute approximate surface area is 146 Å². The maximum Gasteiger partial charge on any atom is 0.253 e. The molecule has 0 fully saturated rings. The van der Waals surface area contributed by atoms with Gasteiger partial charge >= 0.3 is 0 Å². The first-order chi connectivity index (χ1) is 11.7. The van der Waals surface area contributed by atoms with Crippen molar-refractivity contribution in [2.75, 3.05) is 20.6 Å². The van der Waals surface area contributed by atoms with Crippen molar-refractivity contribution in [3.05, 3.63) is 71.0 Å². The number of rotatable bonds is 5. The maximum absolute atomic E-state index is 13.0. The van der Waals surface area contributed by atoms with Gasteiger partial charge in [-0.05, 0) is 48.9 Å². The van der Waals surface area contributed by atoms with Gasteiger partial charge in [0, 0.05) is 25.2 Å². The number of benzene rings is 2. The highest BCUT2D eigenvalue weighted by Gasteiger charge is 2.24. The minimum Gasteiger partial charge on any atom is -0.384 e. The highest BCUT2D eigenvalue weighted by Crippen LogP contribution is 2.20. The molecular formula is C19H21FN2O3. The van der Waals surface area contributed by atoms with E-state index in [0.717, 1.165) is 0 Å². The zero-order valence-corrected chi connectivity index (χ0v) is 14.4. The van der Waals surface area contributed by atoms with Crippen LogP contribution in [0.1, 0.15) is 33.2 Å². The number of nitrogens with one attached hydrogen (secondary N) is 1. The molecule has 0 radical (unpaired) electrons. The standard InChI is InChI=1S/C19H21FN2O3/c1-19(25,15-8-10-16(20)11-9-15)12-21-17(23)13-4-6-14(7-5-13)18(24)22(2)3/h4-11,25H,12H2,1-3H3,(H,21,23). The number of halogens is 1. The molecule has 6 heteroatoms. The van der Waals surface area contributed by atoms with E-state index in [4.69, 9.17) is 0 Å². The molecule has 132 valence electrons. The van der Waals surface area contributed by atoms with Crippen LogP contribution in [0.25, 0.3) is 0 Å². The summed E-state index contributed by atoms with van der Waals surface area (Å²) in [6, 6.07) is 11.7. The Morgan fingerprint density at radius 1 is 1.04 bits per heavy atom. The maximum atomic E-state index is 13.0. The number of nitrogens with zero attached hydrogens (tertiary/aromatic N) is 1. The van der Waals surface area contributed by atoms with E-state index in [0.29, 0.717) is 16.7 Å². The largest absolute Gasteiger partial charge is 0.384 e. The quantitative estimate of drug-likeness (QED) is 0.873. The van der Waals surface area contributed by atoms with Crippen LogP contribution >= 0.6 is 0 Å². The SMILES string of the molecule is CN(C)C(=O)c1ccc(C(=O)NCC(C)(O)c2ccc(F)cc2)cc1. The van der Waals surface area contributed by atoms with Gasteiger partial charge < -0.3 is 15.3 Å². The van der Waals surface area contributed by atoms with E-state index in [1.54, 1.807) is 45.3 Å². The molecule has 5 nitrogen and oxygen atoms in total. The normalized spacial score (nSPS) is 13.0. The second-order valence-electron chi connectivity index (χ2n) is 6.24. The van der Waals surface area contributed by atoms with E-state index < -0.39 is 11.4 Å². The van der Waals surface area contributed by atoms with Crippen molar-refractivity contribution in [3.63, 3.8) is 0 Å². The summed E-state index contributed by atoms with van der Waals surface area (Å²) >= 11 is 0. The molecule has 2 rings (SSSR count). The molecule has 2 amide bonds. The lowest BCUT2D eigenvalue weighted by Gasteiger charge is -2.24. The van der Waals surface area contributed by atoms with Gasteiger partial charge in [0.15, 0.2) is 0 Å². The van der Waals surface area contributed by atoms with Crippen molar-refractivity contribution >= 4 is 11.8 Å². The average Bonchev–Trinajstić information content (AvgIpc) is 2.59. The van der Waals surface area contributed by atoms with Crippen LogP contribution in [0, 0.1) is 5.82 Å². The van der Waals surface area contributed by atoms with E-state index in [9.17, 15) is 19.1 Å². The second kappa shape index (κ2) is 7.44. The first-order valence-electron chi connectivity index (χ1n) is 7.79. The van der Waals surface area contributed by atoms with Gasteiger partial charge in [-0.1, -0.05) is 12.1 Å². The Balaban J connectivity index is 2.02. The van der Waals surface area contributed by atoms with E-state index in [-0.39, 0.29) is 18.4 Å². The summed E-state index contributed by atoms with van der Waals surface area (Å²) in [5.74, 6) is -0.909. The monoisotopic (exact) mass is 344 g/mol. The zero-order valence-electron chi connectivity index (χ0n) is 14.4. The third-order valence-corrected chi connectivity index (χ3v) is 3.86.